The Morgan fingerprint density at radius 1 is 0.842 bits per heavy atom. The number of fused-ring (bicyclic) bond motifs is 2. The summed E-state index contributed by atoms with van der Waals surface area (Å²) >= 11 is 0. The zero-order valence-electron chi connectivity index (χ0n) is 32.6. The number of anilines is 1. The van der Waals surface area contributed by atoms with E-state index in [1.807, 2.05) is 68.2 Å². The smallest absolute Gasteiger partial charge is 0.294 e. The molecule has 2 atom stereocenters. The third-order valence-corrected chi connectivity index (χ3v) is 13.1. The van der Waals surface area contributed by atoms with Crippen LogP contribution >= 0.6 is 0 Å². The molecule has 2 aliphatic heterocycles. The van der Waals surface area contributed by atoms with Crippen molar-refractivity contribution in [2.24, 2.45) is 5.84 Å². The van der Waals surface area contributed by atoms with Crippen LogP contribution in [0.5, 0.6) is 0 Å². The molecule has 0 fully saturated rings. The van der Waals surface area contributed by atoms with E-state index in [1.165, 1.54) is 24.3 Å². The number of methoxy groups -OCH3 is 1. The molecule has 2 unspecified atom stereocenters. The minimum atomic E-state index is -4.51. The van der Waals surface area contributed by atoms with Crippen molar-refractivity contribution in [1.82, 2.24) is 5.43 Å². The molecule has 0 saturated carbocycles. The number of unbranched alkanes of at least 4 members (excludes halogenated alkanes) is 2. The number of hydrogen-bond donors (Lipinski definition) is 5. The summed E-state index contributed by atoms with van der Waals surface area (Å²) in [6.07, 6.45) is 16.3. The van der Waals surface area contributed by atoms with Crippen molar-refractivity contribution in [1.29, 1.82) is 0 Å². The van der Waals surface area contributed by atoms with E-state index in [1.54, 1.807) is 19.2 Å². The average Bonchev–Trinajstić information content (AvgIpc) is 3.51. The van der Waals surface area contributed by atoms with Gasteiger partial charge in [0.15, 0.2) is 5.71 Å². The molecule has 0 aliphatic carbocycles. The number of hydrogen-bond acceptors (Lipinski definition) is 10. The number of nitrogens with zero attached hydrogens (tertiary/aromatic N) is 2. The van der Waals surface area contributed by atoms with Crippen LogP contribution in [0.15, 0.2) is 94.4 Å². The first-order chi connectivity index (χ1) is 26.7. The Hall–Kier alpha value is -4.01. The summed E-state index contributed by atoms with van der Waals surface area (Å²) in [4.78, 5) is 13.1. The molecule has 2 aliphatic rings. The molecule has 312 valence electrons. The van der Waals surface area contributed by atoms with Gasteiger partial charge >= 0.3 is 0 Å². The van der Waals surface area contributed by atoms with Crippen molar-refractivity contribution < 1.29 is 53.0 Å². The van der Waals surface area contributed by atoms with Crippen LogP contribution in [0.1, 0.15) is 76.8 Å². The van der Waals surface area contributed by atoms with Gasteiger partial charge in [0.25, 0.3) is 30.4 Å². The minimum absolute atomic E-state index is 0.0970. The predicted octanol–water partition coefficient (Wildman–Crippen LogP) is 5.14. The lowest BCUT2D eigenvalue weighted by Gasteiger charge is -2.30. The van der Waals surface area contributed by atoms with Crippen molar-refractivity contribution in [3.63, 3.8) is 0 Å². The van der Waals surface area contributed by atoms with Gasteiger partial charge in [0.1, 0.15) is 6.54 Å². The molecule has 2 heterocycles. The number of nitrogens with one attached hydrogen (secondary N) is 1. The molecule has 0 radical (unpaired) electrons. The van der Waals surface area contributed by atoms with E-state index in [2.05, 4.69) is 10.0 Å². The largest absolute Gasteiger partial charge is 0.385 e. The van der Waals surface area contributed by atoms with Crippen molar-refractivity contribution in [2.45, 2.75) is 86.3 Å². The van der Waals surface area contributed by atoms with Crippen molar-refractivity contribution in [2.75, 3.05) is 37.5 Å². The number of carbonyl (C=O) groups excluding carboxylic acids is 1. The second-order valence-electron chi connectivity index (χ2n) is 14.4. The van der Waals surface area contributed by atoms with Crippen LogP contribution < -0.4 is 16.2 Å². The van der Waals surface area contributed by atoms with Gasteiger partial charge in [-0.05, 0) is 94.8 Å². The summed E-state index contributed by atoms with van der Waals surface area (Å²) in [5.74, 6) is 4.50. The average molecular weight is 850 g/mol. The number of likely N-dealkylation sites (N-methyl/N-ethyl adjacent to an activating group) is 1. The summed E-state index contributed by atoms with van der Waals surface area (Å²) < 4.78 is 108. The summed E-state index contributed by atoms with van der Waals surface area (Å²) in [7, 11) is -11.6. The second-order valence-corrected chi connectivity index (χ2v) is 18.9. The maximum Gasteiger partial charge on any atom is 0.294 e. The van der Waals surface area contributed by atoms with E-state index in [-0.39, 0.29) is 28.5 Å². The van der Waals surface area contributed by atoms with Gasteiger partial charge in [0.05, 0.1) is 21.0 Å². The molecule has 4 rings (SSSR count). The molecule has 2 aromatic rings. The highest BCUT2D eigenvalue weighted by Crippen LogP contribution is 2.51. The summed E-state index contributed by atoms with van der Waals surface area (Å²) in [6, 6.07) is 8.92. The van der Waals surface area contributed by atoms with Gasteiger partial charge in [0, 0.05) is 67.6 Å². The number of hydrazine groups is 1. The Balaban J connectivity index is 1.67. The Bertz CT molecular complexity index is 2320. The van der Waals surface area contributed by atoms with Crippen molar-refractivity contribution in [3.05, 3.63) is 95.8 Å². The topological polar surface area (TPSA) is 234 Å². The number of carbonyl (C=O) groups is 1. The van der Waals surface area contributed by atoms with Gasteiger partial charge < -0.3 is 9.64 Å². The molecule has 1 amide bonds. The van der Waals surface area contributed by atoms with Crippen LogP contribution in [0.25, 0.3) is 0 Å². The monoisotopic (exact) mass is 849 g/mol. The standard InChI is InChI=1S/C39H52N4O11S3/c1-5-42-33-20-18-29(56(48,49)50)27-31(33)38(2,22-14-26-55(45,46)47)35(42)15-10-7-6-8-11-16-36-39(3,23-25-54-4)32-28-30(57(51,52)53)19-21-34(32)43(36)24-13-9-12-17-37(44)41-40/h6-8,10-11,15-16,18-21,27-28H,5,9,12-14,17,22-26,40H2,1-4H3,(H3-,41,44,45,46,47,48,49,50,51,52,53)/p+1. The highest BCUT2D eigenvalue weighted by Gasteiger charge is 2.48. The molecule has 18 heteroatoms. The minimum Gasteiger partial charge on any atom is -0.385 e. The van der Waals surface area contributed by atoms with Gasteiger partial charge in [-0.3, -0.25) is 23.9 Å². The third-order valence-electron chi connectivity index (χ3n) is 10.6. The molecule has 15 nitrogen and oxygen atoms in total. The number of rotatable bonds is 20. The first-order valence-corrected chi connectivity index (χ1v) is 23.0. The molecule has 6 N–H and O–H groups in total. The highest BCUT2D eigenvalue weighted by atomic mass is 32.2. The fraction of sp³-hybridized carbons (Fsp3) is 0.436. The van der Waals surface area contributed by atoms with E-state index >= 15 is 0 Å². The quantitative estimate of drug-likeness (QED) is 0.0221. The second kappa shape index (κ2) is 18.7. The molecule has 57 heavy (non-hydrogen) atoms. The zero-order chi connectivity index (χ0) is 42.2. The number of allylic oxidation sites excluding steroid dienone is 8. The first-order valence-electron chi connectivity index (χ1n) is 18.5. The lowest BCUT2D eigenvalue weighted by atomic mass is 9.76. The maximum atomic E-state index is 12.2. The Labute approximate surface area is 335 Å². The van der Waals surface area contributed by atoms with Gasteiger partial charge in [-0.1, -0.05) is 30.4 Å². The molecular weight excluding hydrogens is 797 g/mol. The van der Waals surface area contributed by atoms with Crippen LogP contribution in [-0.2, 0) is 50.7 Å². The van der Waals surface area contributed by atoms with E-state index in [4.69, 9.17) is 10.6 Å². The van der Waals surface area contributed by atoms with E-state index in [0.717, 1.165) is 41.2 Å². The fourth-order valence-corrected chi connectivity index (χ4v) is 9.22. The number of amides is 1. The van der Waals surface area contributed by atoms with Gasteiger partial charge in [-0.25, -0.2) is 5.84 Å². The predicted molar refractivity (Wildman–Crippen MR) is 218 cm³/mol. The van der Waals surface area contributed by atoms with Crippen molar-refractivity contribution >= 4 is 53.3 Å². The number of ether oxygens (including phenoxy) is 1. The van der Waals surface area contributed by atoms with Crippen LogP contribution in [-0.4, -0.2) is 87.7 Å². The zero-order valence-corrected chi connectivity index (χ0v) is 35.0. The molecule has 0 spiro atoms. The lowest BCUT2D eigenvalue weighted by molar-refractivity contribution is -0.438. The molecule has 0 saturated heterocycles. The summed E-state index contributed by atoms with van der Waals surface area (Å²) in [6.45, 7) is 7.27. The van der Waals surface area contributed by atoms with E-state index < -0.39 is 46.9 Å². The Morgan fingerprint density at radius 2 is 1.47 bits per heavy atom. The van der Waals surface area contributed by atoms with Crippen molar-refractivity contribution in [3.8, 4) is 0 Å². The Kier molecular flexibility index (Phi) is 15.0. The molecule has 0 aromatic heterocycles. The van der Waals surface area contributed by atoms with Crippen LogP contribution in [0.3, 0.4) is 0 Å². The van der Waals surface area contributed by atoms with Gasteiger partial charge in [-0.15, -0.1) is 0 Å². The molecule has 0 bridgehead atoms. The Morgan fingerprint density at radius 3 is 2.09 bits per heavy atom. The van der Waals surface area contributed by atoms with Crippen LogP contribution in [0.4, 0.5) is 11.4 Å². The highest BCUT2D eigenvalue weighted by molar-refractivity contribution is 7.86. The normalized spacial score (nSPS) is 20.8. The van der Waals surface area contributed by atoms with E-state index in [9.17, 15) is 43.7 Å². The number of benzene rings is 2. The summed E-state index contributed by atoms with van der Waals surface area (Å²) in [5.41, 5.74) is 5.12. The first kappa shape index (κ1) is 45.7. The van der Waals surface area contributed by atoms with Crippen LogP contribution in [0.2, 0.25) is 0 Å². The number of nitrogens with two attached hydrogens (primary N) is 1. The maximum absolute atomic E-state index is 12.2. The summed E-state index contributed by atoms with van der Waals surface area (Å²) in [5, 5.41) is 0. The van der Waals surface area contributed by atoms with Crippen LogP contribution in [0, 0.1) is 0 Å². The SMILES string of the molecule is CCN1C(=CC=CC=CC=CC2=[N+](CCCCCC(=O)NN)c3ccc(S(=O)(=O)O)cc3C2(C)CCOC)C(C)(CCCS(=O)(=O)O)c2cc(S(=O)(=O)O)ccc21. The van der Waals surface area contributed by atoms with Gasteiger partial charge in [0.2, 0.25) is 11.6 Å². The van der Waals surface area contributed by atoms with E-state index in [0.29, 0.717) is 44.5 Å². The third kappa shape index (κ3) is 10.9. The molecule has 2 aromatic carbocycles. The van der Waals surface area contributed by atoms with Gasteiger partial charge in [-0.2, -0.15) is 29.8 Å². The fourth-order valence-electron chi connectivity index (χ4n) is 7.70. The molecular formula is C39H53N4O11S3+. The lowest BCUT2D eigenvalue weighted by Crippen LogP contribution is -2.33.